The summed E-state index contributed by atoms with van der Waals surface area (Å²) in [7, 11) is 0. The van der Waals surface area contributed by atoms with Crippen LogP contribution in [0.1, 0.15) is 10.4 Å². The predicted octanol–water partition coefficient (Wildman–Crippen LogP) is 4.04. The van der Waals surface area contributed by atoms with Crippen molar-refractivity contribution in [1.29, 1.82) is 0 Å². The van der Waals surface area contributed by atoms with Gasteiger partial charge in [0.25, 0.3) is 5.91 Å². The zero-order chi connectivity index (χ0) is 17.0. The van der Waals surface area contributed by atoms with Crippen molar-refractivity contribution >= 4 is 45.8 Å². The van der Waals surface area contributed by atoms with Gasteiger partial charge in [-0.15, -0.1) is 0 Å². The van der Waals surface area contributed by atoms with Crippen LogP contribution in [0.5, 0.6) is 0 Å². The van der Waals surface area contributed by atoms with Crippen LogP contribution in [0.25, 0.3) is 0 Å². The van der Waals surface area contributed by atoms with Crippen molar-refractivity contribution < 1.29 is 22.8 Å². The average molecular weight is 434 g/mol. The molecule has 0 bridgehead atoms. The SMILES string of the molecule is O=C(Nc1ccccc1NC(=O)C(F)(F)F)c1ccccc1I. The number of hydrogen-bond acceptors (Lipinski definition) is 2. The molecule has 0 radical (unpaired) electrons. The number of halogens is 4. The second kappa shape index (κ2) is 6.99. The first-order chi connectivity index (χ1) is 10.8. The van der Waals surface area contributed by atoms with Gasteiger partial charge in [0.15, 0.2) is 0 Å². The molecule has 23 heavy (non-hydrogen) atoms. The summed E-state index contributed by atoms with van der Waals surface area (Å²) in [5.41, 5.74) is 0.328. The summed E-state index contributed by atoms with van der Waals surface area (Å²) >= 11 is 1.98. The van der Waals surface area contributed by atoms with E-state index >= 15 is 0 Å². The Hall–Kier alpha value is -2.10. The van der Waals surface area contributed by atoms with E-state index in [0.717, 1.165) is 0 Å². The molecule has 120 valence electrons. The maximum atomic E-state index is 12.3. The zero-order valence-electron chi connectivity index (χ0n) is 11.4. The maximum Gasteiger partial charge on any atom is 0.471 e. The van der Waals surface area contributed by atoms with Crippen LogP contribution in [0.3, 0.4) is 0 Å². The lowest BCUT2D eigenvalue weighted by atomic mass is 10.2. The number of alkyl halides is 3. The molecule has 8 heteroatoms. The Labute approximate surface area is 143 Å². The number of rotatable bonds is 3. The van der Waals surface area contributed by atoms with Crippen molar-refractivity contribution in [2.75, 3.05) is 10.6 Å². The minimum atomic E-state index is -5.01. The molecule has 0 unspecified atom stereocenters. The smallest absolute Gasteiger partial charge is 0.320 e. The lowest BCUT2D eigenvalue weighted by Crippen LogP contribution is -2.30. The van der Waals surface area contributed by atoms with E-state index in [2.05, 4.69) is 5.32 Å². The molecule has 2 rings (SSSR count). The third-order valence-electron chi connectivity index (χ3n) is 2.80. The van der Waals surface area contributed by atoms with E-state index in [9.17, 15) is 22.8 Å². The number of benzene rings is 2. The van der Waals surface area contributed by atoms with Crippen molar-refractivity contribution in [2.45, 2.75) is 6.18 Å². The number of carbonyl (C=O) groups is 2. The molecule has 0 aliphatic carbocycles. The first kappa shape index (κ1) is 17.3. The van der Waals surface area contributed by atoms with Crippen LogP contribution in [-0.4, -0.2) is 18.0 Å². The van der Waals surface area contributed by atoms with Gasteiger partial charge in [0.1, 0.15) is 0 Å². The number of nitrogens with one attached hydrogen (secondary N) is 2. The lowest BCUT2D eigenvalue weighted by Gasteiger charge is -2.13. The van der Waals surface area contributed by atoms with Crippen LogP contribution in [0.15, 0.2) is 48.5 Å². The van der Waals surface area contributed by atoms with E-state index in [1.54, 1.807) is 29.6 Å². The fourth-order valence-corrected chi connectivity index (χ4v) is 2.36. The first-order valence-electron chi connectivity index (χ1n) is 6.32. The Morgan fingerprint density at radius 1 is 0.870 bits per heavy atom. The molecule has 0 atom stereocenters. The third-order valence-corrected chi connectivity index (χ3v) is 3.74. The van der Waals surface area contributed by atoms with Crippen molar-refractivity contribution in [3.63, 3.8) is 0 Å². The molecule has 0 aromatic heterocycles. The van der Waals surface area contributed by atoms with Crippen molar-refractivity contribution in [3.05, 3.63) is 57.7 Å². The Morgan fingerprint density at radius 3 is 1.96 bits per heavy atom. The van der Waals surface area contributed by atoms with Gasteiger partial charge in [0.05, 0.1) is 16.9 Å². The third kappa shape index (κ3) is 4.44. The summed E-state index contributed by atoms with van der Waals surface area (Å²) in [5.74, 6) is -2.59. The molecule has 0 spiro atoms. The molecule has 0 aliphatic rings. The summed E-state index contributed by atoms with van der Waals surface area (Å²) in [6.45, 7) is 0. The highest BCUT2D eigenvalue weighted by Gasteiger charge is 2.39. The summed E-state index contributed by atoms with van der Waals surface area (Å²) in [4.78, 5) is 23.3. The lowest BCUT2D eigenvalue weighted by molar-refractivity contribution is -0.167. The van der Waals surface area contributed by atoms with E-state index in [0.29, 0.717) is 9.13 Å². The number of carbonyl (C=O) groups excluding carboxylic acids is 2. The van der Waals surface area contributed by atoms with Crippen LogP contribution >= 0.6 is 22.6 Å². The average Bonchev–Trinajstić information content (AvgIpc) is 2.48. The van der Waals surface area contributed by atoms with E-state index < -0.39 is 18.0 Å². The topological polar surface area (TPSA) is 58.2 Å². The number of para-hydroxylation sites is 2. The van der Waals surface area contributed by atoms with Crippen molar-refractivity contribution in [1.82, 2.24) is 0 Å². The normalized spacial score (nSPS) is 11.0. The van der Waals surface area contributed by atoms with Gasteiger partial charge in [0, 0.05) is 3.57 Å². The second-order valence-corrected chi connectivity index (χ2v) is 5.59. The van der Waals surface area contributed by atoms with Gasteiger partial charge in [-0.3, -0.25) is 9.59 Å². The molecule has 4 nitrogen and oxygen atoms in total. The first-order valence-corrected chi connectivity index (χ1v) is 7.40. The van der Waals surface area contributed by atoms with E-state index in [-0.39, 0.29) is 11.4 Å². The molecule has 2 aromatic carbocycles. The van der Waals surface area contributed by atoms with Crippen molar-refractivity contribution in [3.8, 4) is 0 Å². The van der Waals surface area contributed by atoms with Crippen LogP contribution < -0.4 is 10.6 Å². The minimum absolute atomic E-state index is 0.0785. The summed E-state index contributed by atoms with van der Waals surface area (Å²) in [6.07, 6.45) is -5.01. The van der Waals surface area contributed by atoms with Crippen molar-refractivity contribution in [2.24, 2.45) is 0 Å². The monoisotopic (exact) mass is 434 g/mol. The largest absolute Gasteiger partial charge is 0.471 e. The number of anilines is 2. The Bertz CT molecular complexity index is 747. The molecule has 0 heterocycles. The van der Waals surface area contributed by atoms with Gasteiger partial charge < -0.3 is 10.6 Å². The van der Waals surface area contributed by atoms with E-state index in [1.807, 2.05) is 22.6 Å². The zero-order valence-corrected chi connectivity index (χ0v) is 13.6. The van der Waals surface area contributed by atoms with Gasteiger partial charge in [-0.2, -0.15) is 13.2 Å². The quantitative estimate of drug-likeness (QED) is 0.717. The number of amides is 2. The van der Waals surface area contributed by atoms with Crippen LogP contribution in [-0.2, 0) is 4.79 Å². The highest BCUT2D eigenvalue weighted by Crippen LogP contribution is 2.25. The summed E-state index contributed by atoms with van der Waals surface area (Å²) < 4.78 is 37.7. The molecule has 0 saturated carbocycles. The maximum absolute atomic E-state index is 12.3. The highest BCUT2D eigenvalue weighted by atomic mass is 127. The highest BCUT2D eigenvalue weighted by molar-refractivity contribution is 14.1. The van der Waals surface area contributed by atoms with Gasteiger partial charge >= 0.3 is 12.1 Å². The van der Waals surface area contributed by atoms with Crippen LogP contribution in [0, 0.1) is 3.57 Å². The molecular weight excluding hydrogens is 424 g/mol. The molecule has 2 amide bonds. The summed E-state index contributed by atoms with van der Waals surface area (Å²) in [6, 6.07) is 12.4. The molecule has 0 fully saturated rings. The molecule has 2 aromatic rings. The fraction of sp³-hybridized carbons (Fsp3) is 0.0667. The van der Waals surface area contributed by atoms with Crippen LogP contribution in [0.4, 0.5) is 24.5 Å². The van der Waals surface area contributed by atoms with Gasteiger partial charge in [-0.25, -0.2) is 0 Å². The molecular formula is C15H10F3IN2O2. The summed E-state index contributed by atoms with van der Waals surface area (Å²) in [5, 5.41) is 4.24. The second-order valence-electron chi connectivity index (χ2n) is 4.43. The van der Waals surface area contributed by atoms with Crippen LogP contribution in [0.2, 0.25) is 0 Å². The molecule has 2 N–H and O–H groups in total. The Morgan fingerprint density at radius 2 is 1.39 bits per heavy atom. The predicted molar refractivity (Wildman–Crippen MR) is 88.2 cm³/mol. The number of hydrogen-bond donors (Lipinski definition) is 2. The fourth-order valence-electron chi connectivity index (χ4n) is 1.73. The standard InChI is InChI=1S/C15H10F3IN2O2/c16-15(17,18)14(23)21-12-8-4-3-7-11(12)20-13(22)9-5-1-2-6-10(9)19/h1-8H,(H,20,22)(H,21,23). The Balaban J connectivity index is 2.23. The molecule has 0 saturated heterocycles. The molecule has 0 aliphatic heterocycles. The minimum Gasteiger partial charge on any atom is -0.320 e. The van der Waals surface area contributed by atoms with Gasteiger partial charge in [-0.1, -0.05) is 24.3 Å². The van der Waals surface area contributed by atoms with E-state index in [1.165, 1.54) is 24.3 Å². The van der Waals surface area contributed by atoms with E-state index in [4.69, 9.17) is 0 Å². The Kier molecular flexibility index (Phi) is 5.24. The van der Waals surface area contributed by atoms with Gasteiger partial charge in [0.2, 0.25) is 0 Å². The van der Waals surface area contributed by atoms with Gasteiger partial charge in [-0.05, 0) is 46.9 Å².